The second kappa shape index (κ2) is 5.37. The van der Waals surface area contributed by atoms with Crippen LogP contribution < -0.4 is 10.6 Å². The zero-order chi connectivity index (χ0) is 14.3. The summed E-state index contributed by atoms with van der Waals surface area (Å²) in [6, 6.07) is 0. The molecule has 2 aliphatic rings. The Labute approximate surface area is 123 Å². The number of nitrogens with zero attached hydrogens (tertiary/aromatic N) is 1. The molecule has 3 rings (SSSR count). The first kappa shape index (κ1) is 13.9. The molecule has 0 bridgehead atoms. The van der Waals surface area contributed by atoms with E-state index < -0.39 is 0 Å². The van der Waals surface area contributed by atoms with Crippen molar-refractivity contribution in [3.8, 4) is 0 Å². The fraction of sp³-hybridized carbons (Fsp3) is 0.667. The third-order valence-corrected chi connectivity index (χ3v) is 5.29. The van der Waals surface area contributed by atoms with Crippen molar-refractivity contribution < 1.29 is 9.53 Å². The average molecular weight is 294 g/mol. The molecule has 0 aromatic carbocycles. The normalized spacial score (nSPS) is 19.6. The Morgan fingerprint density at radius 1 is 1.35 bits per heavy atom. The van der Waals surface area contributed by atoms with Gasteiger partial charge >= 0.3 is 0 Å². The lowest BCUT2D eigenvalue weighted by Crippen LogP contribution is -2.36. The number of ether oxygens (including phenoxy) is 1. The Morgan fingerprint density at radius 3 is 2.55 bits per heavy atom. The summed E-state index contributed by atoms with van der Waals surface area (Å²) in [5.41, 5.74) is 8.31. The quantitative estimate of drug-likeness (QED) is 0.868. The van der Waals surface area contributed by atoms with Gasteiger partial charge in [0.2, 0.25) is 0 Å². The van der Waals surface area contributed by atoms with E-state index in [-0.39, 0.29) is 11.7 Å². The molecular weight excluding hydrogens is 272 g/mol. The van der Waals surface area contributed by atoms with Gasteiger partial charge < -0.3 is 15.4 Å². The van der Waals surface area contributed by atoms with Gasteiger partial charge in [-0.15, -0.1) is 11.3 Å². The van der Waals surface area contributed by atoms with Gasteiger partial charge in [0.15, 0.2) is 5.78 Å². The molecule has 1 aromatic rings. The number of ketones is 1. The standard InChI is InChI=1S/C15H22N2O2S/c1-9(2)13(18)14-12(16)11(10-3-4-10)15(20-14)17-5-7-19-8-6-17/h9-10H,3-8,16H2,1-2H3. The maximum atomic E-state index is 12.3. The smallest absolute Gasteiger partial charge is 0.177 e. The molecule has 1 saturated heterocycles. The Hall–Kier alpha value is -1.07. The Bertz CT molecular complexity index is 514. The predicted octanol–water partition coefficient (Wildman–Crippen LogP) is 2.88. The summed E-state index contributed by atoms with van der Waals surface area (Å²) in [5.74, 6) is 0.743. The van der Waals surface area contributed by atoms with Gasteiger partial charge in [0.25, 0.3) is 0 Å². The second-order valence-corrected chi connectivity index (χ2v) is 6.96. The van der Waals surface area contributed by atoms with Crippen molar-refractivity contribution in [1.29, 1.82) is 0 Å². The summed E-state index contributed by atoms with van der Waals surface area (Å²) < 4.78 is 5.42. The molecular formula is C15H22N2O2S. The molecule has 5 heteroatoms. The van der Waals surface area contributed by atoms with Crippen LogP contribution in [0.15, 0.2) is 0 Å². The lowest BCUT2D eigenvalue weighted by molar-refractivity contribution is 0.0944. The minimum absolute atomic E-state index is 0.000502. The molecule has 20 heavy (non-hydrogen) atoms. The van der Waals surface area contributed by atoms with E-state index in [0.717, 1.165) is 36.9 Å². The van der Waals surface area contributed by atoms with Crippen LogP contribution >= 0.6 is 11.3 Å². The van der Waals surface area contributed by atoms with Gasteiger partial charge in [0, 0.05) is 24.6 Å². The highest BCUT2D eigenvalue weighted by Crippen LogP contribution is 2.52. The number of nitrogen functional groups attached to an aromatic ring is 1. The van der Waals surface area contributed by atoms with Gasteiger partial charge in [0.1, 0.15) is 0 Å². The minimum Gasteiger partial charge on any atom is -0.397 e. The highest BCUT2D eigenvalue weighted by atomic mass is 32.1. The van der Waals surface area contributed by atoms with Crippen LogP contribution in [-0.4, -0.2) is 32.1 Å². The van der Waals surface area contributed by atoms with Crippen LogP contribution in [0, 0.1) is 5.92 Å². The fourth-order valence-corrected chi connectivity index (χ4v) is 4.11. The van der Waals surface area contributed by atoms with E-state index in [9.17, 15) is 4.79 Å². The van der Waals surface area contributed by atoms with E-state index in [1.807, 2.05) is 13.8 Å². The van der Waals surface area contributed by atoms with Crippen molar-refractivity contribution in [2.75, 3.05) is 36.9 Å². The van der Waals surface area contributed by atoms with Crippen molar-refractivity contribution in [2.24, 2.45) is 5.92 Å². The summed E-state index contributed by atoms with van der Waals surface area (Å²) in [7, 11) is 0. The SMILES string of the molecule is CC(C)C(=O)c1sc(N2CCOCC2)c(C2CC2)c1N. The maximum Gasteiger partial charge on any atom is 0.177 e. The predicted molar refractivity (Wildman–Crippen MR) is 82.9 cm³/mol. The molecule has 110 valence electrons. The van der Waals surface area contributed by atoms with Gasteiger partial charge in [-0.25, -0.2) is 0 Å². The van der Waals surface area contributed by atoms with Crippen molar-refractivity contribution in [2.45, 2.75) is 32.6 Å². The fourth-order valence-electron chi connectivity index (χ4n) is 2.66. The first-order chi connectivity index (χ1) is 9.59. The molecule has 2 N–H and O–H groups in total. The van der Waals surface area contributed by atoms with Gasteiger partial charge in [0.05, 0.1) is 28.8 Å². The highest BCUT2D eigenvalue weighted by Gasteiger charge is 2.35. The summed E-state index contributed by atoms with van der Waals surface area (Å²) in [6.45, 7) is 7.19. The van der Waals surface area contributed by atoms with Crippen LogP contribution in [0.1, 0.15) is 47.8 Å². The molecule has 0 unspecified atom stereocenters. The van der Waals surface area contributed by atoms with Crippen molar-refractivity contribution in [1.82, 2.24) is 0 Å². The van der Waals surface area contributed by atoms with Crippen LogP contribution in [-0.2, 0) is 4.74 Å². The average Bonchev–Trinajstić information content (AvgIpc) is 3.22. The molecule has 1 aromatic heterocycles. The van der Waals surface area contributed by atoms with Gasteiger partial charge in [-0.3, -0.25) is 4.79 Å². The highest BCUT2D eigenvalue weighted by molar-refractivity contribution is 7.19. The third kappa shape index (κ3) is 2.44. The number of Topliss-reactive ketones (excluding diaryl/α,β-unsaturated/α-hetero) is 1. The molecule has 2 heterocycles. The van der Waals surface area contributed by atoms with Crippen LogP contribution in [0.4, 0.5) is 10.7 Å². The third-order valence-electron chi connectivity index (χ3n) is 4.00. The zero-order valence-electron chi connectivity index (χ0n) is 12.1. The monoisotopic (exact) mass is 294 g/mol. The number of nitrogens with two attached hydrogens (primary N) is 1. The van der Waals surface area contributed by atoms with E-state index in [2.05, 4.69) is 4.90 Å². The Morgan fingerprint density at radius 2 is 2.00 bits per heavy atom. The number of rotatable bonds is 4. The van der Waals surface area contributed by atoms with Gasteiger partial charge in [-0.05, 0) is 18.8 Å². The van der Waals surface area contributed by atoms with E-state index in [1.165, 1.54) is 23.4 Å². The topological polar surface area (TPSA) is 55.6 Å². The van der Waals surface area contributed by atoms with E-state index in [0.29, 0.717) is 5.92 Å². The van der Waals surface area contributed by atoms with Gasteiger partial charge in [-0.1, -0.05) is 13.8 Å². The lowest BCUT2D eigenvalue weighted by atomic mass is 10.0. The molecule has 1 aliphatic carbocycles. The Kier molecular flexibility index (Phi) is 3.73. The number of hydrogen-bond acceptors (Lipinski definition) is 5. The number of anilines is 2. The molecule has 1 aliphatic heterocycles. The maximum absolute atomic E-state index is 12.3. The molecule has 4 nitrogen and oxygen atoms in total. The molecule has 1 saturated carbocycles. The number of morpholine rings is 1. The van der Waals surface area contributed by atoms with Crippen LogP contribution in [0.5, 0.6) is 0 Å². The number of thiophene rings is 1. The van der Waals surface area contributed by atoms with Gasteiger partial charge in [-0.2, -0.15) is 0 Å². The summed E-state index contributed by atoms with van der Waals surface area (Å²) in [5, 5.41) is 1.22. The Balaban J connectivity index is 1.99. The summed E-state index contributed by atoms with van der Waals surface area (Å²) in [4.78, 5) is 15.5. The minimum atomic E-state index is 0.000502. The lowest BCUT2D eigenvalue weighted by Gasteiger charge is -2.28. The second-order valence-electron chi connectivity index (χ2n) is 5.96. The van der Waals surface area contributed by atoms with E-state index >= 15 is 0 Å². The number of carbonyl (C=O) groups is 1. The molecule has 2 fully saturated rings. The molecule has 0 amide bonds. The van der Waals surface area contributed by atoms with Crippen LogP contribution in [0.2, 0.25) is 0 Å². The van der Waals surface area contributed by atoms with E-state index in [4.69, 9.17) is 10.5 Å². The molecule has 0 spiro atoms. The molecule has 0 atom stereocenters. The van der Waals surface area contributed by atoms with Crippen molar-refractivity contribution in [3.63, 3.8) is 0 Å². The van der Waals surface area contributed by atoms with Crippen LogP contribution in [0.25, 0.3) is 0 Å². The van der Waals surface area contributed by atoms with Crippen LogP contribution in [0.3, 0.4) is 0 Å². The largest absolute Gasteiger partial charge is 0.397 e. The first-order valence-electron chi connectivity index (χ1n) is 7.38. The van der Waals surface area contributed by atoms with Crippen molar-refractivity contribution in [3.05, 3.63) is 10.4 Å². The zero-order valence-corrected chi connectivity index (χ0v) is 13.0. The first-order valence-corrected chi connectivity index (χ1v) is 8.20. The molecule has 0 radical (unpaired) electrons. The summed E-state index contributed by atoms with van der Waals surface area (Å²) in [6.07, 6.45) is 2.40. The number of carbonyl (C=O) groups excluding carboxylic acids is 1. The van der Waals surface area contributed by atoms with E-state index in [1.54, 1.807) is 11.3 Å². The summed E-state index contributed by atoms with van der Waals surface area (Å²) >= 11 is 1.59. The van der Waals surface area contributed by atoms with Crippen molar-refractivity contribution >= 4 is 27.8 Å². The number of hydrogen-bond donors (Lipinski definition) is 1.